The zero-order valence-electron chi connectivity index (χ0n) is 16.7. The van der Waals surface area contributed by atoms with E-state index in [4.69, 9.17) is 9.29 Å². The predicted octanol–water partition coefficient (Wildman–Crippen LogP) is 5.59. The first-order valence-electron chi connectivity index (χ1n) is 10.1. The highest BCUT2D eigenvalue weighted by Crippen LogP contribution is 2.22. The van der Waals surface area contributed by atoms with Gasteiger partial charge in [-0.05, 0) is 55.9 Å². The van der Waals surface area contributed by atoms with Crippen LogP contribution in [-0.4, -0.2) is 24.8 Å². The van der Waals surface area contributed by atoms with Crippen LogP contribution in [0.5, 0.6) is 5.75 Å². The quantitative estimate of drug-likeness (QED) is 0.335. The van der Waals surface area contributed by atoms with E-state index < -0.39 is 16.2 Å². The zero-order chi connectivity index (χ0) is 19.4. The molecule has 0 fully saturated rings. The van der Waals surface area contributed by atoms with Crippen LogP contribution in [-0.2, 0) is 23.0 Å². The van der Waals surface area contributed by atoms with E-state index in [0.29, 0.717) is 5.75 Å². The van der Waals surface area contributed by atoms with Crippen molar-refractivity contribution in [3.05, 3.63) is 29.3 Å². The molecule has 1 rings (SSSR count). The van der Waals surface area contributed by atoms with Gasteiger partial charge in [0, 0.05) is 0 Å². The highest BCUT2D eigenvalue weighted by Gasteiger charge is 2.14. The van der Waals surface area contributed by atoms with Gasteiger partial charge in [0.15, 0.2) is 0 Å². The van der Waals surface area contributed by atoms with Gasteiger partial charge >= 0.3 is 0 Å². The van der Waals surface area contributed by atoms with E-state index in [1.165, 1.54) is 49.7 Å². The maximum absolute atomic E-state index is 11.0. The Labute approximate surface area is 160 Å². The van der Waals surface area contributed by atoms with Crippen molar-refractivity contribution >= 4 is 10.1 Å². The molecule has 0 aromatic heterocycles. The van der Waals surface area contributed by atoms with Crippen molar-refractivity contribution in [2.75, 3.05) is 5.75 Å². The molecule has 0 saturated carbocycles. The van der Waals surface area contributed by atoms with E-state index in [2.05, 4.69) is 19.9 Å². The molecule has 0 radical (unpaired) electrons. The summed E-state index contributed by atoms with van der Waals surface area (Å²) < 4.78 is 36.9. The summed E-state index contributed by atoms with van der Waals surface area (Å²) in [7, 11) is -4.03. The third-order valence-corrected chi connectivity index (χ3v) is 5.34. The molecule has 1 N–H and O–H groups in total. The Balaban J connectivity index is 2.77. The number of ether oxygens (including phenoxy) is 1. The second kappa shape index (κ2) is 12.3. The van der Waals surface area contributed by atoms with Crippen LogP contribution in [0.4, 0.5) is 0 Å². The Morgan fingerprint density at radius 2 is 1.38 bits per heavy atom. The minimum Gasteiger partial charge on any atom is -0.490 e. The average Bonchev–Trinajstić information content (AvgIpc) is 2.54. The second-order valence-electron chi connectivity index (χ2n) is 7.28. The number of benzene rings is 1. The largest absolute Gasteiger partial charge is 0.490 e. The fraction of sp³-hybridized carbons (Fsp3) is 0.714. The molecule has 0 amide bonds. The van der Waals surface area contributed by atoms with E-state index in [9.17, 15) is 8.42 Å². The number of hydrogen-bond acceptors (Lipinski definition) is 3. The molecule has 1 unspecified atom stereocenters. The van der Waals surface area contributed by atoms with Gasteiger partial charge in [-0.15, -0.1) is 0 Å². The van der Waals surface area contributed by atoms with Crippen molar-refractivity contribution in [3.8, 4) is 5.75 Å². The van der Waals surface area contributed by atoms with Gasteiger partial charge in [0.05, 0.1) is 0 Å². The van der Waals surface area contributed by atoms with Crippen LogP contribution in [0.1, 0.15) is 83.3 Å². The molecule has 4 nitrogen and oxygen atoms in total. The molecule has 0 saturated heterocycles. The highest BCUT2D eigenvalue weighted by molar-refractivity contribution is 7.85. The lowest BCUT2D eigenvalue weighted by Crippen LogP contribution is -2.23. The predicted molar refractivity (Wildman–Crippen MR) is 109 cm³/mol. The summed E-state index contributed by atoms with van der Waals surface area (Å²) in [5.74, 6) is 0.319. The smallest absolute Gasteiger partial charge is 0.268 e. The molecular weight excluding hydrogens is 348 g/mol. The van der Waals surface area contributed by atoms with Gasteiger partial charge in [-0.2, -0.15) is 8.42 Å². The van der Waals surface area contributed by atoms with E-state index in [-0.39, 0.29) is 5.75 Å². The third kappa shape index (κ3) is 10.8. The van der Waals surface area contributed by atoms with E-state index >= 15 is 0 Å². The first-order chi connectivity index (χ1) is 12.3. The van der Waals surface area contributed by atoms with Gasteiger partial charge in [0.2, 0.25) is 0 Å². The molecule has 0 aliphatic carbocycles. The normalized spacial score (nSPS) is 12.9. The summed E-state index contributed by atoms with van der Waals surface area (Å²) in [6.07, 6.45) is 11.2. The fourth-order valence-electron chi connectivity index (χ4n) is 3.16. The Kier molecular flexibility index (Phi) is 10.9. The van der Waals surface area contributed by atoms with Gasteiger partial charge in [-0.25, -0.2) is 0 Å². The van der Waals surface area contributed by atoms with Crippen molar-refractivity contribution in [1.82, 2.24) is 0 Å². The number of unbranched alkanes of at least 4 members (excludes halogenated alkanes) is 6. The minimum absolute atomic E-state index is 0.389. The van der Waals surface area contributed by atoms with Crippen molar-refractivity contribution in [2.24, 2.45) is 0 Å². The summed E-state index contributed by atoms with van der Waals surface area (Å²) in [6.45, 7) is 6.08. The summed E-state index contributed by atoms with van der Waals surface area (Å²) in [6, 6.07) is 6.29. The molecule has 1 atom stereocenters. The first kappa shape index (κ1) is 23.0. The molecule has 26 heavy (non-hydrogen) atoms. The van der Waals surface area contributed by atoms with Crippen molar-refractivity contribution in [2.45, 2.75) is 91.1 Å². The summed E-state index contributed by atoms with van der Waals surface area (Å²) >= 11 is 0. The van der Waals surface area contributed by atoms with Gasteiger partial charge in [0.1, 0.15) is 17.6 Å². The Hall–Kier alpha value is -1.07. The van der Waals surface area contributed by atoms with Gasteiger partial charge < -0.3 is 4.74 Å². The summed E-state index contributed by atoms with van der Waals surface area (Å²) in [4.78, 5) is 0. The number of rotatable bonds is 14. The van der Waals surface area contributed by atoms with Crippen LogP contribution in [0, 0.1) is 0 Å². The standard InChI is InChI=1S/C21H36O4S/c1-4-6-8-10-12-19-14-20(13-11-9-7-5-2)16-21(15-19)25-18(3)17-26(22,23)24/h14-16,18H,4-13,17H2,1-3H3,(H,22,23,24). The molecule has 0 spiro atoms. The molecule has 5 heteroatoms. The van der Waals surface area contributed by atoms with E-state index in [1.807, 2.05) is 12.1 Å². The average molecular weight is 385 g/mol. The van der Waals surface area contributed by atoms with Crippen molar-refractivity contribution in [1.29, 1.82) is 0 Å². The molecule has 150 valence electrons. The SMILES string of the molecule is CCCCCCc1cc(CCCCCC)cc(OC(C)CS(=O)(=O)O)c1. The lowest BCUT2D eigenvalue weighted by Gasteiger charge is -2.16. The fourth-order valence-corrected chi connectivity index (χ4v) is 3.82. The first-order valence-corrected chi connectivity index (χ1v) is 11.7. The second-order valence-corrected chi connectivity index (χ2v) is 8.78. The maximum atomic E-state index is 11.0. The Bertz CT molecular complexity index is 580. The summed E-state index contributed by atoms with van der Waals surface area (Å²) in [5.41, 5.74) is 2.51. The summed E-state index contributed by atoms with van der Waals surface area (Å²) in [5, 5.41) is 0. The molecule has 0 heterocycles. The zero-order valence-corrected chi connectivity index (χ0v) is 17.5. The van der Waals surface area contributed by atoms with Gasteiger partial charge in [-0.3, -0.25) is 4.55 Å². The monoisotopic (exact) mass is 384 g/mol. The third-order valence-electron chi connectivity index (χ3n) is 4.45. The molecule has 0 aliphatic rings. The lowest BCUT2D eigenvalue weighted by atomic mass is 10.00. The molecular formula is C21H36O4S. The van der Waals surface area contributed by atoms with Crippen LogP contribution < -0.4 is 4.74 Å². The number of hydrogen-bond donors (Lipinski definition) is 1. The van der Waals surface area contributed by atoms with Gasteiger partial charge in [0.25, 0.3) is 10.1 Å². The van der Waals surface area contributed by atoms with Crippen LogP contribution in [0.25, 0.3) is 0 Å². The molecule has 0 aliphatic heterocycles. The Morgan fingerprint density at radius 3 is 1.81 bits per heavy atom. The van der Waals surface area contributed by atoms with Crippen LogP contribution in [0.3, 0.4) is 0 Å². The van der Waals surface area contributed by atoms with Crippen LogP contribution >= 0.6 is 0 Å². The van der Waals surface area contributed by atoms with Crippen LogP contribution in [0.15, 0.2) is 18.2 Å². The van der Waals surface area contributed by atoms with Crippen LogP contribution in [0.2, 0.25) is 0 Å². The Morgan fingerprint density at radius 1 is 0.885 bits per heavy atom. The van der Waals surface area contributed by atoms with Crippen molar-refractivity contribution in [3.63, 3.8) is 0 Å². The van der Waals surface area contributed by atoms with Gasteiger partial charge in [-0.1, -0.05) is 58.4 Å². The molecule has 1 aromatic carbocycles. The molecule has 1 aromatic rings. The topological polar surface area (TPSA) is 63.6 Å². The maximum Gasteiger partial charge on any atom is 0.268 e. The molecule has 0 bridgehead atoms. The lowest BCUT2D eigenvalue weighted by molar-refractivity contribution is 0.241. The number of aryl methyl sites for hydroxylation is 2. The highest BCUT2D eigenvalue weighted by atomic mass is 32.2. The van der Waals surface area contributed by atoms with E-state index in [1.54, 1.807) is 6.92 Å². The minimum atomic E-state index is -4.03. The van der Waals surface area contributed by atoms with Crippen molar-refractivity contribution < 1.29 is 17.7 Å². The van der Waals surface area contributed by atoms with E-state index in [0.717, 1.165) is 25.7 Å².